The second kappa shape index (κ2) is 5.74. The van der Waals surface area contributed by atoms with E-state index in [4.69, 9.17) is 0 Å². The minimum Gasteiger partial charge on any atom is -0.312 e. The number of carbonyl (C=O) groups excluding carboxylic acids is 1. The number of carbonyl (C=O) groups is 1. The summed E-state index contributed by atoms with van der Waals surface area (Å²) >= 11 is -0.112. The van der Waals surface area contributed by atoms with Crippen LogP contribution in [0.3, 0.4) is 0 Å². The van der Waals surface area contributed by atoms with Gasteiger partial charge in [-0.05, 0) is 42.8 Å². The monoisotopic (exact) mass is 364 g/mol. The van der Waals surface area contributed by atoms with Crippen molar-refractivity contribution in [1.29, 1.82) is 0 Å². The van der Waals surface area contributed by atoms with Crippen LogP contribution in [0.25, 0.3) is 0 Å². The third-order valence-corrected chi connectivity index (χ3v) is 5.85. The van der Waals surface area contributed by atoms with Crippen molar-refractivity contribution in [3.63, 3.8) is 0 Å². The van der Waals surface area contributed by atoms with Gasteiger partial charge in [-0.2, -0.15) is 0 Å². The third-order valence-electron chi connectivity index (χ3n) is 3.16. The molecule has 2 aromatic carbocycles. The van der Waals surface area contributed by atoms with E-state index in [9.17, 15) is 4.79 Å². The van der Waals surface area contributed by atoms with Crippen LogP contribution in [-0.4, -0.2) is 12.5 Å². The summed E-state index contributed by atoms with van der Waals surface area (Å²) in [6.07, 6.45) is 1.68. The van der Waals surface area contributed by atoms with Crippen LogP contribution in [0.1, 0.15) is 12.8 Å². The molecule has 3 heteroatoms. The molecule has 0 atom stereocenters. The molecule has 2 aromatic rings. The van der Waals surface area contributed by atoms with Gasteiger partial charge in [0.1, 0.15) is 0 Å². The van der Waals surface area contributed by atoms with Crippen LogP contribution in [-0.2, 0) is 4.79 Å². The molecule has 0 N–H and O–H groups in total. The van der Waals surface area contributed by atoms with Gasteiger partial charge in [-0.25, -0.2) is 0 Å². The largest absolute Gasteiger partial charge is 0.357 e. The topological polar surface area (TPSA) is 20.3 Å². The van der Waals surface area contributed by atoms with Crippen LogP contribution in [0.5, 0.6) is 0 Å². The number of halogens is 1. The minimum atomic E-state index is -0.112. The van der Waals surface area contributed by atoms with Gasteiger partial charge < -0.3 is 4.90 Å². The molecule has 1 aliphatic rings. The highest BCUT2D eigenvalue weighted by Crippen LogP contribution is 2.20. The highest BCUT2D eigenvalue weighted by atomic mass is 127. The summed E-state index contributed by atoms with van der Waals surface area (Å²) in [5.74, 6) is 0.255. The second-order valence-electron chi connectivity index (χ2n) is 4.52. The lowest BCUT2D eigenvalue weighted by Gasteiger charge is -2.14. The highest BCUT2D eigenvalue weighted by Gasteiger charge is 2.22. The molecule has 0 aromatic heterocycles. The molecule has 1 fully saturated rings. The van der Waals surface area contributed by atoms with Crippen LogP contribution in [0.15, 0.2) is 54.6 Å². The predicted molar refractivity (Wildman–Crippen MR) is 71.9 cm³/mol. The van der Waals surface area contributed by atoms with E-state index in [0.717, 1.165) is 18.7 Å². The van der Waals surface area contributed by atoms with Gasteiger partial charge in [0.25, 0.3) is 0 Å². The smallest absolute Gasteiger partial charge is 0.312 e. The molecule has 1 amide bonds. The number of amides is 1. The SMILES string of the molecule is O=C1CCCN1c1ccc([I+]c2ccccc2)cc1. The number of anilines is 1. The maximum atomic E-state index is 11.7. The van der Waals surface area contributed by atoms with Crippen molar-refractivity contribution in [2.75, 3.05) is 11.4 Å². The van der Waals surface area contributed by atoms with E-state index >= 15 is 0 Å². The van der Waals surface area contributed by atoms with Crippen molar-refractivity contribution in [3.05, 3.63) is 61.7 Å². The van der Waals surface area contributed by atoms with Crippen LogP contribution in [0, 0.1) is 7.14 Å². The molecule has 0 bridgehead atoms. The van der Waals surface area contributed by atoms with Gasteiger partial charge in [-0.15, -0.1) is 0 Å². The Bertz CT molecular complexity index is 565. The van der Waals surface area contributed by atoms with Gasteiger partial charge in [-0.1, -0.05) is 18.2 Å². The summed E-state index contributed by atoms with van der Waals surface area (Å²) in [6.45, 7) is 0.867. The maximum absolute atomic E-state index is 11.7. The zero-order valence-electron chi connectivity index (χ0n) is 10.6. The van der Waals surface area contributed by atoms with Gasteiger partial charge in [-0.3, -0.25) is 4.79 Å². The summed E-state index contributed by atoms with van der Waals surface area (Å²) in [5, 5.41) is 0. The molecule has 0 saturated carbocycles. The van der Waals surface area contributed by atoms with E-state index in [0.29, 0.717) is 6.42 Å². The van der Waals surface area contributed by atoms with E-state index in [1.54, 1.807) is 0 Å². The van der Waals surface area contributed by atoms with E-state index in [-0.39, 0.29) is 27.1 Å². The molecular weight excluding hydrogens is 349 g/mol. The fourth-order valence-electron chi connectivity index (χ4n) is 2.21. The first-order valence-corrected chi connectivity index (χ1v) is 8.59. The first-order chi connectivity index (χ1) is 9.33. The standard InChI is InChI=1S/C16H15INO/c19-16-7-4-12-18(16)15-10-8-14(9-11-15)17-13-5-2-1-3-6-13/h1-3,5-6,8-11H,4,7,12H2/q+1. The lowest BCUT2D eigenvalue weighted by molar-refractivity contribution is -0.597. The summed E-state index contributed by atoms with van der Waals surface area (Å²) < 4.78 is 2.81. The third kappa shape index (κ3) is 2.97. The summed E-state index contributed by atoms with van der Waals surface area (Å²) in [4.78, 5) is 13.6. The summed E-state index contributed by atoms with van der Waals surface area (Å²) in [6, 6.07) is 19.1. The lowest BCUT2D eigenvalue weighted by Crippen LogP contribution is -3.61. The summed E-state index contributed by atoms with van der Waals surface area (Å²) in [7, 11) is 0. The molecular formula is C16H15INO+. The average Bonchev–Trinajstić information content (AvgIpc) is 2.87. The van der Waals surface area contributed by atoms with Crippen molar-refractivity contribution in [2.24, 2.45) is 0 Å². The quantitative estimate of drug-likeness (QED) is 0.700. The first-order valence-electron chi connectivity index (χ1n) is 6.43. The van der Waals surface area contributed by atoms with Crippen molar-refractivity contribution in [2.45, 2.75) is 12.8 Å². The van der Waals surface area contributed by atoms with Crippen LogP contribution in [0.2, 0.25) is 0 Å². The molecule has 1 aliphatic heterocycles. The van der Waals surface area contributed by atoms with Crippen molar-refractivity contribution in [1.82, 2.24) is 0 Å². The fourth-order valence-corrected chi connectivity index (χ4v) is 4.42. The number of hydrogen-bond donors (Lipinski definition) is 0. The minimum absolute atomic E-state index is 0.112. The maximum Gasteiger partial charge on any atom is 0.357 e. The number of nitrogens with zero attached hydrogens (tertiary/aromatic N) is 1. The Morgan fingerprint density at radius 2 is 1.58 bits per heavy atom. The van der Waals surface area contributed by atoms with Crippen molar-refractivity contribution >= 4 is 11.6 Å². The Morgan fingerprint density at radius 1 is 0.895 bits per heavy atom. The zero-order chi connectivity index (χ0) is 13.1. The number of hydrogen-bond acceptors (Lipinski definition) is 1. The predicted octanol–water partition coefficient (Wildman–Crippen LogP) is -0.0582. The molecule has 0 unspecified atom stereocenters. The lowest BCUT2D eigenvalue weighted by atomic mass is 10.3. The van der Waals surface area contributed by atoms with Crippen molar-refractivity contribution in [3.8, 4) is 0 Å². The van der Waals surface area contributed by atoms with Crippen LogP contribution < -0.4 is 26.1 Å². The Balaban J connectivity index is 1.74. The Hall–Kier alpha value is -1.36. The summed E-state index contributed by atoms with van der Waals surface area (Å²) in [5.41, 5.74) is 1.04. The molecule has 0 spiro atoms. The Kier molecular flexibility index (Phi) is 3.82. The zero-order valence-corrected chi connectivity index (χ0v) is 12.7. The average molecular weight is 364 g/mol. The van der Waals surface area contributed by atoms with Crippen molar-refractivity contribution < 1.29 is 26.0 Å². The molecule has 96 valence electrons. The van der Waals surface area contributed by atoms with Gasteiger partial charge in [0.2, 0.25) is 5.91 Å². The van der Waals surface area contributed by atoms with Gasteiger partial charge in [0, 0.05) is 18.7 Å². The van der Waals surface area contributed by atoms with E-state index < -0.39 is 0 Å². The Labute approximate surface area is 123 Å². The second-order valence-corrected chi connectivity index (χ2v) is 7.55. The Morgan fingerprint density at radius 3 is 2.21 bits per heavy atom. The fraction of sp³-hybridized carbons (Fsp3) is 0.188. The number of rotatable bonds is 3. The molecule has 0 radical (unpaired) electrons. The van der Waals surface area contributed by atoms with Crippen LogP contribution >= 0.6 is 0 Å². The normalized spacial score (nSPS) is 14.9. The molecule has 1 saturated heterocycles. The molecule has 1 heterocycles. The van der Waals surface area contributed by atoms with Gasteiger partial charge in [0.05, 0.1) is 0 Å². The number of benzene rings is 2. The van der Waals surface area contributed by atoms with Crippen LogP contribution in [0.4, 0.5) is 5.69 Å². The first kappa shape index (κ1) is 12.7. The molecule has 19 heavy (non-hydrogen) atoms. The molecule has 2 nitrogen and oxygen atoms in total. The van der Waals surface area contributed by atoms with Gasteiger partial charge >= 0.3 is 21.2 Å². The van der Waals surface area contributed by atoms with E-state index in [2.05, 4.69) is 54.6 Å². The highest BCUT2D eigenvalue weighted by molar-refractivity contribution is 5.95. The van der Waals surface area contributed by atoms with Gasteiger partial charge in [0.15, 0.2) is 7.14 Å². The van der Waals surface area contributed by atoms with E-state index in [1.807, 2.05) is 4.90 Å². The molecule has 3 rings (SSSR count). The van der Waals surface area contributed by atoms with E-state index in [1.165, 1.54) is 7.14 Å². The molecule has 0 aliphatic carbocycles.